The molecule has 1 aromatic heterocycles. The molecule has 0 radical (unpaired) electrons. The van der Waals surface area contributed by atoms with Crippen molar-refractivity contribution in [1.82, 2.24) is 14.7 Å². The SMILES string of the molecule is CC1CCN(C(C)c2cnn(C)c2)C(CN)C1. The molecule has 1 aromatic rings. The molecule has 0 aliphatic carbocycles. The van der Waals surface area contributed by atoms with Gasteiger partial charge in [0.1, 0.15) is 0 Å². The maximum atomic E-state index is 5.91. The van der Waals surface area contributed by atoms with Crippen molar-refractivity contribution in [3.05, 3.63) is 18.0 Å². The lowest BCUT2D eigenvalue weighted by atomic mass is 9.90. The molecule has 96 valence electrons. The van der Waals surface area contributed by atoms with Crippen LogP contribution in [0.1, 0.15) is 38.3 Å². The number of piperidine rings is 1. The van der Waals surface area contributed by atoms with Crippen LogP contribution in [-0.2, 0) is 7.05 Å². The van der Waals surface area contributed by atoms with Crippen LogP contribution in [0.2, 0.25) is 0 Å². The van der Waals surface area contributed by atoms with Crippen molar-refractivity contribution in [2.45, 2.75) is 38.8 Å². The van der Waals surface area contributed by atoms with Crippen molar-refractivity contribution in [2.24, 2.45) is 18.7 Å². The first-order chi connectivity index (χ1) is 8.11. The Bertz CT molecular complexity index is 360. The molecule has 0 saturated carbocycles. The summed E-state index contributed by atoms with van der Waals surface area (Å²) in [6, 6.07) is 0.943. The van der Waals surface area contributed by atoms with Crippen molar-refractivity contribution in [3.63, 3.8) is 0 Å². The second-order valence-electron chi connectivity index (χ2n) is 5.38. The van der Waals surface area contributed by atoms with E-state index >= 15 is 0 Å². The summed E-state index contributed by atoms with van der Waals surface area (Å²) in [4.78, 5) is 2.54. The minimum Gasteiger partial charge on any atom is -0.329 e. The molecule has 4 heteroatoms. The smallest absolute Gasteiger partial charge is 0.0537 e. The highest BCUT2D eigenvalue weighted by Crippen LogP contribution is 2.30. The minimum absolute atomic E-state index is 0.421. The number of likely N-dealkylation sites (tertiary alicyclic amines) is 1. The number of aromatic nitrogens is 2. The van der Waals surface area contributed by atoms with Gasteiger partial charge in [-0.15, -0.1) is 0 Å². The van der Waals surface area contributed by atoms with Crippen molar-refractivity contribution in [1.29, 1.82) is 0 Å². The van der Waals surface area contributed by atoms with Gasteiger partial charge in [-0.3, -0.25) is 9.58 Å². The van der Waals surface area contributed by atoms with Crippen LogP contribution < -0.4 is 5.73 Å². The first-order valence-electron chi connectivity index (χ1n) is 6.56. The van der Waals surface area contributed by atoms with Gasteiger partial charge in [0.2, 0.25) is 0 Å². The van der Waals surface area contributed by atoms with Gasteiger partial charge in [-0.2, -0.15) is 5.10 Å². The zero-order valence-corrected chi connectivity index (χ0v) is 11.1. The summed E-state index contributed by atoms with van der Waals surface area (Å²) >= 11 is 0. The van der Waals surface area contributed by atoms with Crippen molar-refractivity contribution < 1.29 is 0 Å². The first kappa shape index (κ1) is 12.6. The molecule has 2 rings (SSSR count). The second-order valence-corrected chi connectivity index (χ2v) is 5.38. The Morgan fingerprint density at radius 2 is 2.35 bits per heavy atom. The van der Waals surface area contributed by atoms with E-state index < -0.39 is 0 Å². The predicted octanol–water partition coefficient (Wildman–Crippen LogP) is 1.54. The predicted molar refractivity (Wildman–Crippen MR) is 69.6 cm³/mol. The van der Waals surface area contributed by atoms with Crippen molar-refractivity contribution >= 4 is 0 Å². The molecular formula is C13H24N4. The maximum Gasteiger partial charge on any atom is 0.0537 e. The number of nitrogens with zero attached hydrogens (tertiary/aromatic N) is 3. The molecule has 1 aliphatic rings. The molecule has 0 aromatic carbocycles. The van der Waals surface area contributed by atoms with Crippen LogP contribution in [0, 0.1) is 5.92 Å². The molecule has 1 saturated heterocycles. The van der Waals surface area contributed by atoms with E-state index in [1.54, 1.807) is 0 Å². The normalized spacial score (nSPS) is 28.2. The summed E-state index contributed by atoms with van der Waals surface area (Å²) in [5.74, 6) is 0.806. The number of nitrogens with two attached hydrogens (primary N) is 1. The minimum atomic E-state index is 0.421. The van der Waals surface area contributed by atoms with Gasteiger partial charge >= 0.3 is 0 Å². The lowest BCUT2D eigenvalue weighted by molar-refractivity contribution is 0.0834. The first-order valence-corrected chi connectivity index (χ1v) is 6.56. The van der Waals surface area contributed by atoms with Gasteiger partial charge in [0.15, 0.2) is 0 Å². The summed E-state index contributed by atoms with van der Waals surface area (Å²) in [7, 11) is 1.97. The summed E-state index contributed by atoms with van der Waals surface area (Å²) in [5, 5.41) is 4.26. The Morgan fingerprint density at radius 3 is 2.94 bits per heavy atom. The fraction of sp³-hybridized carbons (Fsp3) is 0.769. The Kier molecular flexibility index (Phi) is 3.84. The number of rotatable bonds is 3. The third-order valence-electron chi connectivity index (χ3n) is 4.00. The van der Waals surface area contributed by atoms with E-state index in [2.05, 4.69) is 30.0 Å². The highest BCUT2D eigenvalue weighted by molar-refractivity contribution is 5.10. The van der Waals surface area contributed by atoms with Crippen LogP contribution in [0.4, 0.5) is 0 Å². The van der Waals surface area contributed by atoms with Gasteiger partial charge < -0.3 is 5.73 Å². The van der Waals surface area contributed by atoms with Gasteiger partial charge in [0, 0.05) is 37.4 Å². The average molecular weight is 236 g/mol. The molecule has 0 spiro atoms. The van der Waals surface area contributed by atoms with E-state index in [0.717, 1.165) is 19.0 Å². The van der Waals surface area contributed by atoms with Crippen molar-refractivity contribution in [3.8, 4) is 0 Å². The average Bonchev–Trinajstić information content (AvgIpc) is 2.75. The van der Waals surface area contributed by atoms with E-state index in [-0.39, 0.29) is 0 Å². The topological polar surface area (TPSA) is 47.1 Å². The third-order valence-corrected chi connectivity index (χ3v) is 4.00. The largest absolute Gasteiger partial charge is 0.329 e. The summed E-state index contributed by atoms with van der Waals surface area (Å²) < 4.78 is 1.87. The molecule has 2 N–H and O–H groups in total. The van der Waals surface area contributed by atoms with E-state index in [1.807, 2.05) is 17.9 Å². The summed E-state index contributed by atoms with van der Waals surface area (Å²) in [5.41, 5.74) is 7.21. The van der Waals surface area contributed by atoms with Gasteiger partial charge in [-0.25, -0.2) is 0 Å². The van der Waals surface area contributed by atoms with Gasteiger partial charge in [0.25, 0.3) is 0 Å². The van der Waals surface area contributed by atoms with Crippen LogP contribution in [0.15, 0.2) is 12.4 Å². The van der Waals surface area contributed by atoms with E-state index in [4.69, 9.17) is 5.73 Å². The van der Waals surface area contributed by atoms with Crippen LogP contribution in [0.5, 0.6) is 0 Å². The van der Waals surface area contributed by atoms with E-state index in [1.165, 1.54) is 18.4 Å². The quantitative estimate of drug-likeness (QED) is 0.866. The van der Waals surface area contributed by atoms with Gasteiger partial charge in [0.05, 0.1) is 6.20 Å². The Morgan fingerprint density at radius 1 is 1.59 bits per heavy atom. The zero-order chi connectivity index (χ0) is 12.4. The molecule has 4 nitrogen and oxygen atoms in total. The van der Waals surface area contributed by atoms with E-state index in [0.29, 0.717) is 12.1 Å². The summed E-state index contributed by atoms with van der Waals surface area (Å²) in [6.07, 6.45) is 6.58. The monoisotopic (exact) mass is 236 g/mol. The number of aryl methyl sites for hydroxylation is 1. The lowest BCUT2D eigenvalue weighted by Crippen LogP contribution is -2.47. The maximum absolute atomic E-state index is 5.91. The molecule has 1 fully saturated rings. The molecule has 0 amide bonds. The molecular weight excluding hydrogens is 212 g/mol. The second kappa shape index (κ2) is 5.19. The zero-order valence-electron chi connectivity index (χ0n) is 11.1. The van der Waals surface area contributed by atoms with E-state index in [9.17, 15) is 0 Å². The van der Waals surface area contributed by atoms with Crippen LogP contribution >= 0.6 is 0 Å². The molecule has 0 bridgehead atoms. The van der Waals surface area contributed by atoms with Crippen LogP contribution in [-0.4, -0.2) is 33.8 Å². The molecule has 17 heavy (non-hydrogen) atoms. The summed E-state index contributed by atoms with van der Waals surface area (Å²) in [6.45, 7) is 6.50. The number of hydrogen-bond acceptors (Lipinski definition) is 3. The Labute approximate surface area is 104 Å². The Hall–Kier alpha value is -0.870. The highest BCUT2D eigenvalue weighted by atomic mass is 15.3. The van der Waals surface area contributed by atoms with Gasteiger partial charge in [-0.05, 0) is 32.2 Å². The standard InChI is InChI=1S/C13H24N4/c1-10-4-5-17(13(6-10)7-14)11(2)12-8-15-16(3)9-12/h8-11,13H,4-7,14H2,1-3H3. The van der Waals surface area contributed by atoms with Crippen molar-refractivity contribution in [2.75, 3.05) is 13.1 Å². The molecule has 3 atom stereocenters. The lowest BCUT2D eigenvalue weighted by Gasteiger charge is -2.41. The molecule has 3 unspecified atom stereocenters. The third kappa shape index (κ3) is 2.69. The Balaban J connectivity index is 2.09. The van der Waals surface area contributed by atoms with Crippen LogP contribution in [0.25, 0.3) is 0 Å². The molecule has 2 heterocycles. The molecule has 1 aliphatic heterocycles. The highest BCUT2D eigenvalue weighted by Gasteiger charge is 2.29. The number of hydrogen-bond donors (Lipinski definition) is 1. The van der Waals surface area contributed by atoms with Gasteiger partial charge in [-0.1, -0.05) is 6.92 Å². The van der Waals surface area contributed by atoms with Crippen LogP contribution in [0.3, 0.4) is 0 Å². The fourth-order valence-electron chi connectivity index (χ4n) is 2.86. The fourth-order valence-corrected chi connectivity index (χ4v) is 2.86.